The second-order valence-corrected chi connectivity index (χ2v) is 9.92. The molecular weight excluding hydrogens is 561 g/mol. The summed E-state index contributed by atoms with van der Waals surface area (Å²) in [4.78, 5) is 18.5. The van der Waals surface area contributed by atoms with E-state index in [2.05, 4.69) is 11.7 Å². The maximum Gasteiger partial charge on any atom is 0.282 e. The summed E-state index contributed by atoms with van der Waals surface area (Å²) in [5.74, 6) is 1.93. The third-order valence-electron chi connectivity index (χ3n) is 7.07. The van der Waals surface area contributed by atoms with E-state index in [-0.39, 0.29) is 23.8 Å². The van der Waals surface area contributed by atoms with Crippen LogP contribution in [0.25, 0.3) is 33.5 Å². The van der Waals surface area contributed by atoms with Gasteiger partial charge in [-0.25, -0.2) is 9.37 Å². The maximum absolute atomic E-state index is 13.7. The smallest absolute Gasteiger partial charge is 0.282 e. The van der Waals surface area contributed by atoms with Crippen molar-refractivity contribution in [3.05, 3.63) is 130 Å². The lowest BCUT2D eigenvalue weighted by atomic mass is 10.1. The fourth-order valence-electron chi connectivity index (χ4n) is 4.95. The molecule has 220 valence electrons. The maximum atomic E-state index is 13.7. The highest BCUT2D eigenvalue weighted by atomic mass is 19.1. The van der Waals surface area contributed by atoms with E-state index in [4.69, 9.17) is 23.6 Å². The Labute approximate surface area is 252 Å². The molecule has 2 aromatic heterocycles. The van der Waals surface area contributed by atoms with Crippen molar-refractivity contribution in [2.45, 2.75) is 13.0 Å². The molecule has 0 spiro atoms. The number of benzene rings is 4. The van der Waals surface area contributed by atoms with E-state index < -0.39 is 0 Å². The molecule has 0 bridgehead atoms. The number of fused-ring (bicyclic) bond motifs is 2. The Morgan fingerprint density at radius 2 is 1.75 bits per heavy atom. The average Bonchev–Trinajstić information content (AvgIpc) is 3.49. The van der Waals surface area contributed by atoms with Crippen molar-refractivity contribution in [2.24, 2.45) is 5.10 Å². The molecule has 44 heavy (non-hydrogen) atoms. The number of halogens is 1. The fourth-order valence-corrected chi connectivity index (χ4v) is 4.95. The molecule has 0 unspecified atom stereocenters. The first-order chi connectivity index (χ1) is 21.5. The molecule has 4 aromatic carbocycles. The summed E-state index contributed by atoms with van der Waals surface area (Å²) in [6.07, 6.45) is 3.80. The van der Waals surface area contributed by atoms with Gasteiger partial charge in [0.1, 0.15) is 23.8 Å². The van der Waals surface area contributed by atoms with Gasteiger partial charge in [-0.15, -0.1) is 6.58 Å². The first kappa shape index (κ1) is 28.4. The van der Waals surface area contributed by atoms with Crippen LogP contribution in [0.5, 0.6) is 17.2 Å². The monoisotopic (exact) mass is 589 g/mol. The molecule has 6 aromatic rings. The largest absolute Gasteiger partial charge is 0.496 e. The third kappa shape index (κ3) is 5.55. The Kier molecular flexibility index (Phi) is 7.92. The van der Waals surface area contributed by atoms with Crippen molar-refractivity contribution in [1.29, 1.82) is 0 Å². The van der Waals surface area contributed by atoms with E-state index in [9.17, 15) is 9.18 Å². The van der Waals surface area contributed by atoms with Crippen LogP contribution in [-0.4, -0.2) is 30.1 Å². The molecule has 2 heterocycles. The van der Waals surface area contributed by atoms with Crippen LogP contribution in [0.2, 0.25) is 0 Å². The van der Waals surface area contributed by atoms with Gasteiger partial charge in [0.25, 0.3) is 5.56 Å². The summed E-state index contributed by atoms with van der Waals surface area (Å²) < 4.78 is 38.0. The van der Waals surface area contributed by atoms with Gasteiger partial charge >= 0.3 is 0 Å². The lowest BCUT2D eigenvalue weighted by Gasteiger charge is -2.16. The number of ether oxygens (including phenoxy) is 3. The average molecular weight is 590 g/mol. The van der Waals surface area contributed by atoms with Gasteiger partial charge in [0.05, 0.1) is 36.7 Å². The Bertz CT molecular complexity index is 2080. The van der Waals surface area contributed by atoms with Gasteiger partial charge in [-0.2, -0.15) is 9.78 Å². The molecular formula is C35H28FN3O5. The minimum absolute atomic E-state index is 0.220. The zero-order valence-corrected chi connectivity index (χ0v) is 24.1. The molecule has 0 atom stereocenters. The summed E-state index contributed by atoms with van der Waals surface area (Å²) in [6.45, 7) is 4.10. The molecule has 9 heteroatoms. The molecule has 0 aliphatic rings. The molecule has 0 saturated heterocycles. The molecule has 0 N–H and O–H groups in total. The van der Waals surface area contributed by atoms with Crippen LogP contribution < -0.4 is 19.8 Å². The number of furan rings is 1. The SMILES string of the molecule is C=CCc1cc(C=Nn2c(-c3cc4c(OC)cccc4o3)nc3ccccc3c2=O)cc(OC)c1OCc1ccc(F)cc1. The van der Waals surface area contributed by atoms with Crippen molar-refractivity contribution in [2.75, 3.05) is 14.2 Å². The number of aromatic nitrogens is 2. The zero-order chi connectivity index (χ0) is 30.6. The predicted molar refractivity (Wildman–Crippen MR) is 168 cm³/mol. The number of hydrogen-bond acceptors (Lipinski definition) is 7. The minimum Gasteiger partial charge on any atom is -0.496 e. The minimum atomic E-state index is -0.355. The van der Waals surface area contributed by atoms with Gasteiger partial charge in [-0.05, 0) is 72.1 Å². The van der Waals surface area contributed by atoms with Crippen LogP contribution in [0.15, 0.2) is 112 Å². The van der Waals surface area contributed by atoms with Gasteiger partial charge in [-0.1, -0.05) is 36.4 Å². The van der Waals surface area contributed by atoms with Crippen molar-refractivity contribution >= 4 is 28.1 Å². The molecule has 8 nitrogen and oxygen atoms in total. The first-order valence-electron chi connectivity index (χ1n) is 13.8. The van der Waals surface area contributed by atoms with Crippen LogP contribution >= 0.6 is 0 Å². The quantitative estimate of drug-likeness (QED) is 0.125. The van der Waals surface area contributed by atoms with Gasteiger partial charge in [0.15, 0.2) is 17.3 Å². The highest BCUT2D eigenvalue weighted by molar-refractivity contribution is 5.89. The normalized spacial score (nSPS) is 11.3. The third-order valence-corrected chi connectivity index (χ3v) is 7.07. The molecule has 0 amide bonds. The summed E-state index contributed by atoms with van der Waals surface area (Å²) >= 11 is 0. The van der Waals surface area contributed by atoms with Crippen molar-refractivity contribution < 1.29 is 23.0 Å². The molecule has 0 radical (unpaired) electrons. The van der Waals surface area contributed by atoms with E-state index in [1.165, 1.54) is 16.8 Å². The van der Waals surface area contributed by atoms with Gasteiger partial charge in [-0.3, -0.25) is 4.79 Å². The molecule has 0 aliphatic heterocycles. The van der Waals surface area contributed by atoms with Gasteiger partial charge < -0.3 is 18.6 Å². The number of rotatable bonds is 10. The Balaban J connectivity index is 1.43. The van der Waals surface area contributed by atoms with Crippen LogP contribution in [-0.2, 0) is 13.0 Å². The summed E-state index contributed by atoms with van der Waals surface area (Å²) in [5.41, 5.74) is 3.02. The fraction of sp³-hybridized carbons (Fsp3) is 0.114. The van der Waals surface area contributed by atoms with E-state index in [1.54, 1.807) is 69.0 Å². The highest BCUT2D eigenvalue weighted by Gasteiger charge is 2.18. The molecule has 0 aliphatic carbocycles. The lowest BCUT2D eigenvalue weighted by molar-refractivity contribution is 0.282. The standard InChI is InChI=1S/C35H28FN3O5/c1-4-8-24-17-23(18-31(42-3)33(24)43-21-22-13-15-25(36)16-14-22)20-37-39-34(38-28-10-6-5-9-26(28)35(39)40)32-19-27-29(41-2)11-7-12-30(27)44-32/h4-7,9-20H,1,8,21H2,2-3H3. The van der Waals surface area contributed by atoms with Gasteiger partial charge in [0, 0.05) is 5.56 Å². The molecule has 0 saturated carbocycles. The number of para-hydroxylation sites is 1. The number of methoxy groups -OCH3 is 2. The van der Waals surface area contributed by atoms with Crippen LogP contribution in [0.4, 0.5) is 4.39 Å². The van der Waals surface area contributed by atoms with E-state index in [0.717, 1.165) is 16.5 Å². The van der Waals surface area contributed by atoms with Crippen molar-refractivity contribution in [3.63, 3.8) is 0 Å². The predicted octanol–water partition coefficient (Wildman–Crippen LogP) is 7.16. The summed E-state index contributed by atoms with van der Waals surface area (Å²) in [7, 11) is 3.13. The second kappa shape index (κ2) is 12.3. The first-order valence-corrected chi connectivity index (χ1v) is 13.8. The second-order valence-electron chi connectivity index (χ2n) is 9.92. The summed E-state index contributed by atoms with van der Waals surface area (Å²) in [6, 6.07) is 24.1. The Morgan fingerprint density at radius 3 is 2.52 bits per heavy atom. The lowest BCUT2D eigenvalue weighted by Crippen LogP contribution is -2.20. The van der Waals surface area contributed by atoms with E-state index in [0.29, 0.717) is 51.5 Å². The van der Waals surface area contributed by atoms with Crippen LogP contribution in [0.3, 0.4) is 0 Å². The van der Waals surface area contributed by atoms with E-state index in [1.807, 2.05) is 30.3 Å². The van der Waals surface area contributed by atoms with Crippen molar-refractivity contribution in [1.82, 2.24) is 9.66 Å². The zero-order valence-electron chi connectivity index (χ0n) is 24.1. The Morgan fingerprint density at radius 1 is 0.955 bits per heavy atom. The van der Waals surface area contributed by atoms with Gasteiger partial charge in [0.2, 0.25) is 5.82 Å². The number of nitrogens with zero attached hydrogens (tertiary/aromatic N) is 3. The topological polar surface area (TPSA) is 88.1 Å². The molecule has 6 rings (SSSR count). The molecule has 0 fully saturated rings. The van der Waals surface area contributed by atoms with E-state index >= 15 is 0 Å². The van der Waals surface area contributed by atoms with Crippen LogP contribution in [0, 0.1) is 5.82 Å². The number of allylic oxidation sites excluding steroid dienone is 1. The van der Waals surface area contributed by atoms with Crippen LogP contribution in [0.1, 0.15) is 16.7 Å². The number of hydrogen-bond donors (Lipinski definition) is 0. The summed E-state index contributed by atoms with van der Waals surface area (Å²) in [5, 5.41) is 5.75. The Hall–Kier alpha value is -5.70. The highest BCUT2D eigenvalue weighted by Crippen LogP contribution is 2.35. The van der Waals surface area contributed by atoms with Crippen molar-refractivity contribution in [3.8, 4) is 28.8 Å².